The average molecular weight is 802 g/mol. The Morgan fingerprint density at radius 3 is 1.67 bits per heavy atom. The van der Waals surface area contributed by atoms with Crippen LogP contribution in [-0.2, 0) is 28.5 Å². The first-order valence-electron chi connectivity index (χ1n) is 20.2. The van der Waals surface area contributed by atoms with Crippen molar-refractivity contribution in [2.45, 2.75) is 77.3 Å². The van der Waals surface area contributed by atoms with Crippen molar-refractivity contribution in [1.29, 1.82) is 0 Å². The molecular formula is C43H69ClN4O6Si. The minimum Gasteiger partial charge on any atom is -0.379 e. The fourth-order valence-corrected chi connectivity index (χ4v) is 14.0. The Kier molecular flexibility index (Phi) is 20.8. The molecule has 0 saturated heterocycles. The molecule has 0 unspecified atom stereocenters. The smallest absolute Gasteiger partial charge is 0.246 e. The summed E-state index contributed by atoms with van der Waals surface area (Å²) in [7, 11) is 6.22. The number of anilines is 2. The first kappa shape index (κ1) is 46.4. The Bertz CT molecular complexity index is 1430. The molecule has 3 rings (SSSR count). The number of ether oxygens (including phenoxy) is 4. The van der Waals surface area contributed by atoms with Crippen LogP contribution in [0.1, 0.15) is 77.3 Å². The van der Waals surface area contributed by atoms with Gasteiger partial charge in [-0.1, -0.05) is 58.7 Å². The molecule has 0 atom stereocenters. The van der Waals surface area contributed by atoms with E-state index in [9.17, 15) is 9.59 Å². The summed E-state index contributed by atoms with van der Waals surface area (Å²) >= 11 is 5.68. The molecule has 12 heteroatoms. The predicted molar refractivity (Wildman–Crippen MR) is 232 cm³/mol. The van der Waals surface area contributed by atoms with Crippen LogP contribution in [0.2, 0.25) is 11.1 Å². The molecule has 0 aromatic heterocycles. The van der Waals surface area contributed by atoms with Gasteiger partial charge in [0.15, 0.2) is 0 Å². The number of fused-ring (bicyclic) bond motifs is 2. The number of benzene rings is 2. The topological polar surface area (TPSA) is 102 Å². The molecule has 1 aliphatic heterocycles. The molecule has 1 aliphatic rings. The number of rotatable bonds is 27. The zero-order chi connectivity index (χ0) is 40.2. The van der Waals surface area contributed by atoms with E-state index >= 15 is 0 Å². The fourth-order valence-electron chi connectivity index (χ4n) is 7.57. The van der Waals surface area contributed by atoms with Gasteiger partial charge >= 0.3 is 0 Å². The molecule has 2 aromatic rings. The van der Waals surface area contributed by atoms with Crippen molar-refractivity contribution in [3.63, 3.8) is 0 Å². The monoisotopic (exact) mass is 800 g/mol. The van der Waals surface area contributed by atoms with E-state index in [0.717, 1.165) is 38.2 Å². The number of amides is 2. The molecule has 2 amide bonds. The van der Waals surface area contributed by atoms with Crippen molar-refractivity contribution < 1.29 is 28.5 Å². The van der Waals surface area contributed by atoms with Crippen LogP contribution in [-0.4, -0.2) is 120 Å². The number of nitrogens with one attached hydrogen (secondary N) is 2. The number of allylic oxidation sites excluding steroid dienone is 1. The first-order chi connectivity index (χ1) is 26.4. The van der Waals surface area contributed by atoms with Crippen LogP contribution >= 0.6 is 11.6 Å². The molecule has 55 heavy (non-hydrogen) atoms. The van der Waals surface area contributed by atoms with Gasteiger partial charge in [0, 0.05) is 71.6 Å². The van der Waals surface area contributed by atoms with Crippen molar-refractivity contribution in [3.05, 3.63) is 53.6 Å². The van der Waals surface area contributed by atoms with Crippen molar-refractivity contribution in [2.24, 2.45) is 0 Å². The molecule has 0 fully saturated rings. The summed E-state index contributed by atoms with van der Waals surface area (Å²) in [4.78, 5) is 29.2. The highest BCUT2D eigenvalue weighted by Crippen LogP contribution is 2.42. The number of carbonyl (C=O) groups excluding carboxylic acids is 2. The molecule has 0 spiro atoms. The Labute approximate surface area is 337 Å². The first-order valence-corrected chi connectivity index (χ1v) is 22.9. The predicted octanol–water partition coefficient (Wildman–Crippen LogP) is 5.82. The normalized spacial score (nSPS) is 13.1. The van der Waals surface area contributed by atoms with E-state index in [4.69, 9.17) is 30.5 Å². The molecule has 2 aromatic carbocycles. The molecule has 1 heterocycles. The minimum absolute atomic E-state index is 0.00558. The number of carbonyl (C=O) groups is 2. The molecule has 0 saturated carbocycles. The van der Waals surface area contributed by atoms with Gasteiger partial charge in [-0.05, 0) is 81.7 Å². The van der Waals surface area contributed by atoms with E-state index < -0.39 is 8.07 Å². The molecule has 10 nitrogen and oxygen atoms in total. The van der Waals surface area contributed by atoms with Gasteiger partial charge in [-0.2, -0.15) is 0 Å². The summed E-state index contributed by atoms with van der Waals surface area (Å²) in [6, 6.07) is 13.9. The van der Waals surface area contributed by atoms with E-state index in [1.165, 1.54) is 38.4 Å². The summed E-state index contributed by atoms with van der Waals surface area (Å²) in [5, 5.41) is 8.74. The minimum atomic E-state index is -2.22. The Balaban J connectivity index is 1.40. The maximum Gasteiger partial charge on any atom is 0.246 e. The molecule has 0 radical (unpaired) electrons. The third-order valence-electron chi connectivity index (χ3n) is 10.3. The van der Waals surface area contributed by atoms with Crippen molar-refractivity contribution in [2.75, 3.05) is 110 Å². The lowest BCUT2D eigenvalue weighted by Crippen LogP contribution is -2.66. The maximum absolute atomic E-state index is 12.8. The summed E-state index contributed by atoms with van der Waals surface area (Å²) < 4.78 is 22.1. The highest BCUT2D eigenvalue weighted by atomic mass is 35.5. The third-order valence-corrected chi connectivity index (χ3v) is 16.9. The van der Waals surface area contributed by atoms with Gasteiger partial charge in [0.05, 0.1) is 39.6 Å². The SMILES string of the molecule is CC(C)[Si]1(C(C)C)c2cc(N(C)C)ccc2C(=CCCC(=O)NCCOCCOCC(=O)NCCOCCOCCCCCCCl)c2ccc(N(C)C)cc21. The molecular weight excluding hydrogens is 732 g/mol. The van der Waals surface area contributed by atoms with Crippen molar-refractivity contribution in [3.8, 4) is 0 Å². The van der Waals surface area contributed by atoms with Crippen molar-refractivity contribution >= 4 is 58.8 Å². The van der Waals surface area contributed by atoms with Gasteiger partial charge in [-0.15, -0.1) is 11.6 Å². The van der Waals surface area contributed by atoms with Gasteiger partial charge in [0.2, 0.25) is 11.8 Å². The second kappa shape index (κ2) is 24.6. The van der Waals surface area contributed by atoms with Crippen LogP contribution < -0.4 is 30.8 Å². The van der Waals surface area contributed by atoms with Crippen LogP contribution in [0.5, 0.6) is 0 Å². The summed E-state index contributed by atoms with van der Waals surface area (Å²) in [6.45, 7) is 13.6. The number of halogens is 1. The van der Waals surface area contributed by atoms with E-state index in [0.29, 0.717) is 76.7 Å². The van der Waals surface area contributed by atoms with Gasteiger partial charge < -0.3 is 39.4 Å². The Morgan fingerprint density at radius 1 is 0.673 bits per heavy atom. The highest BCUT2D eigenvalue weighted by Gasteiger charge is 2.49. The van der Waals surface area contributed by atoms with Gasteiger partial charge in [0.25, 0.3) is 0 Å². The molecule has 2 N–H and O–H groups in total. The third kappa shape index (κ3) is 13.9. The highest BCUT2D eigenvalue weighted by molar-refractivity contribution is 7.05. The Morgan fingerprint density at radius 2 is 1.16 bits per heavy atom. The van der Waals surface area contributed by atoms with E-state index in [1.807, 2.05) is 0 Å². The average Bonchev–Trinajstić information content (AvgIpc) is 3.15. The largest absolute Gasteiger partial charge is 0.379 e. The number of hydrogen-bond acceptors (Lipinski definition) is 8. The lowest BCUT2D eigenvalue weighted by molar-refractivity contribution is -0.126. The number of hydrogen-bond donors (Lipinski definition) is 2. The van der Waals surface area contributed by atoms with Crippen LogP contribution in [0.25, 0.3) is 5.57 Å². The fraction of sp³-hybridized carbons (Fsp3) is 0.628. The summed E-state index contributed by atoms with van der Waals surface area (Å²) in [5.74, 6) is 0.518. The number of nitrogens with zero attached hydrogens (tertiary/aromatic N) is 2. The number of unbranched alkanes of at least 4 members (excludes halogenated alkanes) is 3. The Hall–Kier alpha value is -2.93. The lowest BCUT2D eigenvalue weighted by Gasteiger charge is -2.47. The van der Waals surface area contributed by atoms with E-state index in [-0.39, 0.29) is 18.4 Å². The van der Waals surface area contributed by atoms with Gasteiger partial charge in [-0.3, -0.25) is 9.59 Å². The van der Waals surface area contributed by atoms with Crippen LogP contribution in [0, 0.1) is 0 Å². The zero-order valence-corrected chi connectivity index (χ0v) is 36.7. The van der Waals surface area contributed by atoms with E-state index in [1.54, 1.807) is 0 Å². The van der Waals surface area contributed by atoms with Gasteiger partial charge in [0.1, 0.15) is 14.7 Å². The number of alkyl halides is 1. The standard InChI is InChI=1S/C43H69ClN4O6Si/c1-33(2)55(34(3)4)40-30-35(47(5)6)16-18-38(40)37(39-19-17-36(48(7)8)31-41(39)55)14-13-15-42(49)45-21-24-53-28-29-54-32-43(50)46-22-25-52-27-26-51-23-12-10-9-11-20-44/h14,16-19,30-31,33-34H,9-13,15,20-29,32H2,1-8H3,(H,45,49)(H,46,50). The lowest BCUT2D eigenvalue weighted by atomic mass is 9.94. The molecule has 0 bridgehead atoms. The van der Waals surface area contributed by atoms with Crippen LogP contribution in [0.4, 0.5) is 11.4 Å². The second-order valence-corrected chi connectivity index (χ2v) is 20.8. The molecule has 0 aliphatic carbocycles. The summed E-state index contributed by atoms with van der Waals surface area (Å²) in [6.07, 6.45) is 7.66. The zero-order valence-electron chi connectivity index (χ0n) is 34.9. The maximum atomic E-state index is 12.8. The van der Waals surface area contributed by atoms with Crippen molar-refractivity contribution in [1.82, 2.24) is 10.6 Å². The van der Waals surface area contributed by atoms with Crippen LogP contribution in [0.3, 0.4) is 0 Å². The van der Waals surface area contributed by atoms with Gasteiger partial charge in [-0.25, -0.2) is 0 Å². The van der Waals surface area contributed by atoms with E-state index in [2.05, 4.69) is 119 Å². The summed E-state index contributed by atoms with van der Waals surface area (Å²) in [5.41, 5.74) is 7.28. The second-order valence-electron chi connectivity index (χ2n) is 15.3. The quantitative estimate of drug-likeness (QED) is 0.0663. The molecule has 308 valence electrons. The van der Waals surface area contributed by atoms with Crippen LogP contribution in [0.15, 0.2) is 42.5 Å².